The molecule has 12 nitrogen and oxygen atoms in total. The van der Waals surface area contributed by atoms with Crippen LogP contribution in [-0.4, -0.2) is 69.4 Å². The molecule has 0 radical (unpaired) electrons. The van der Waals surface area contributed by atoms with Crippen LogP contribution in [0.15, 0.2) is 12.4 Å². The van der Waals surface area contributed by atoms with E-state index in [4.69, 9.17) is 21.1 Å². The van der Waals surface area contributed by atoms with E-state index in [0.717, 1.165) is 49.8 Å². The number of ether oxygens (including phenoxy) is 2. The van der Waals surface area contributed by atoms with Crippen LogP contribution < -0.4 is 4.72 Å². The van der Waals surface area contributed by atoms with Crippen LogP contribution in [0.1, 0.15) is 55.8 Å². The van der Waals surface area contributed by atoms with E-state index in [2.05, 4.69) is 35.1 Å². The van der Waals surface area contributed by atoms with Crippen molar-refractivity contribution in [3.63, 3.8) is 0 Å². The van der Waals surface area contributed by atoms with E-state index in [-0.39, 0.29) is 11.8 Å². The van der Waals surface area contributed by atoms with Crippen LogP contribution in [0.5, 0.6) is 0 Å². The predicted octanol–water partition coefficient (Wildman–Crippen LogP) is 2.64. The molecular formula is C22H29ClN8O4S. The van der Waals surface area contributed by atoms with Crippen molar-refractivity contribution in [2.24, 2.45) is 0 Å². The van der Waals surface area contributed by atoms with Crippen LogP contribution in [0.3, 0.4) is 0 Å². The lowest BCUT2D eigenvalue weighted by atomic mass is 9.95. The number of nitrogens with zero attached hydrogens (tertiary/aromatic N) is 6. The van der Waals surface area contributed by atoms with Crippen molar-refractivity contribution in [3.05, 3.63) is 34.5 Å². The van der Waals surface area contributed by atoms with Gasteiger partial charge in [-0.1, -0.05) is 11.6 Å². The minimum Gasteiger partial charge on any atom is -0.382 e. The molecule has 1 fully saturated rings. The number of aryl methyl sites for hydroxylation is 1. The van der Waals surface area contributed by atoms with Crippen molar-refractivity contribution in [2.75, 3.05) is 25.5 Å². The van der Waals surface area contributed by atoms with Crippen LogP contribution in [0, 0.1) is 0 Å². The molecule has 0 saturated heterocycles. The lowest BCUT2D eigenvalue weighted by molar-refractivity contribution is 0.0950. The Morgan fingerprint density at radius 1 is 1.19 bits per heavy atom. The Balaban J connectivity index is 1.51. The van der Waals surface area contributed by atoms with E-state index in [9.17, 15) is 8.42 Å². The molecule has 0 bridgehead atoms. The van der Waals surface area contributed by atoms with Crippen LogP contribution in [0.4, 0.5) is 5.95 Å². The van der Waals surface area contributed by atoms with Gasteiger partial charge in [0.1, 0.15) is 17.0 Å². The highest BCUT2D eigenvalue weighted by Crippen LogP contribution is 2.48. The number of methoxy groups -OCH3 is 2. The lowest BCUT2D eigenvalue weighted by Crippen LogP contribution is -2.35. The average Bonchev–Trinajstić information content (AvgIpc) is 3.32. The molecule has 0 spiro atoms. The third-order valence-corrected chi connectivity index (χ3v) is 8.83. The second-order valence-electron chi connectivity index (χ2n) is 9.34. The van der Waals surface area contributed by atoms with Crippen LogP contribution in [0.25, 0.3) is 11.5 Å². The summed E-state index contributed by atoms with van der Waals surface area (Å²) in [6.07, 6.45) is 7.49. The molecule has 0 amide bonds. The smallest absolute Gasteiger partial charge is 0.240 e. The van der Waals surface area contributed by atoms with Crippen molar-refractivity contribution in [2.45, 2.75) is 62.3 Å². The van der Waals surface area contributed by atoms with E-state index < -0.39 is 26.9 Å². The Morgan fingerprint density at radius 2 is 1.92 bits per heavy atom. The third-order valence-electron chi connectivity index (χ3n) is 6.94. The quantitative estimate of drug-likeness (QED) is 0.398. The maximum Gasteiger partial charge on any atom is 0.240 e. The normalized spacial score (nSPS) is 18.4. The average molecular weight is 537 g/mol. The van der Waals surface area contributed by atoms with Gasteiger partial charge in [0.05, 0.1) is 17.2 Å². The van der Waals surface area contributed by atoms with E-state index in [1.54, 1.807) is 7.11 Å². The summed E-state index contributed by atoms with van der Waals surface area (Å²) in [5.74, 6) is 0.854. The number of aromatic nitrogens is 7. The van der Waals surface area contributed by atoms with Gasteiger partial charge in [-0.25, -0.2) is 18.4 Å². The van der Waals surface area contributed by atoms with Gasteiger partial charge in [0.2, 0.25) is 16.0 Å². The van der Waals surface area contributed by atoms with Crippen molar-refractivity contribution in [1.82, 2.24) is 34.9 Å². The lowest BCUT2D eigenvalue weighted by Gasteiger charge is -2.24. The van der Waals surface area contributed by atoms with E-state index in [1.165, 1.54) is 26.4 Å². The Labute approximate surface area is 214 Å². The van der Waals surface area contributed by atoms with Crippen molar-refractivity contribution < 1.29 is 17.9 Å². The summed E-state index contributed by atoms with van der Waals surface area (Å²) >= 11 is 5.88. The summed E-state index contributed by atoms with van der Waals surface area (Å²) in [5.41, 5.74) is 2.48. The molecule has 14 heteroatoms. The summed E-state index contributed by atoms with van der Waals surface area (Å²) < 4.78 is 42.5. The molecule has 3 aromatic rings. The molecule has 5 rings (SSSR count). The number of aromatic amines is 1. The SMILES string of the molecule is COCC1(n2c(NS(=O)(=O)[C@@H](C)[C@H](OC)c3ncc(Cl)cn3)nnc2-c2n[nH]c3c2CCCC3)CC1. The van der Waals surface area contributed by atoms with Crippen molar-refractivity contribution in [3.8, 4) is 11.5 Å². The topological polar surface area (TPSA) is 150 Å². The molecule has 1 saturated carbocycles. The molecule has 0 unspecified atom stereocenters. The molecule has 0 aromatic carbocycles. The molecule has 3 aromatic heterocycles. The summed E-state index contributed by atoms with van der Waals surface area (Å²) in [4.78, 5) is 8.28. The van der Waals surface area contributed by atoms with Crippen molar-refractivity contribution >= 4 is 27.6 Å². The fourth-order valence-electron chi connectivity index (χ4n) is 4.82. The molecule has 2 N–H and O–H groups in total. The zero-order valence-electron chi connectivity index (χ0n) is 20.4. The first-order chi connectivity index (χ1) is 17.3. The van der Waals surface area contributed by atoms with Gasteiger partial charge in [0.15, 0.2) is 11.6 Å². The van der Waals surface area contributed by atoms with Gasteiger partial charge in [-0.05, 0) is 45.4 Å². The molecule has 2 atom stereocenters. The third kappa shape index (κ3) is 4.49. The number of anilines is 1. The molecule has 3 heterocycles. The second kappa shape index (κ2) is 9.69. The molecular weight excluding hydrogens is 508 g/mol. The van der Waals surface area contributed by atoms with Gasteiger partial charge in [0, 0.05) is 37.9 Å². The zero-order valence-corrected chi connectivity index (χ0v) is 21.9. The first kappa shape index (κ1) is 25.1. The Kier molecular flexibility index (Phi) is 6.74. The van der Waals surface area contributed by atoms with Crippen molar-refractivity contribution in [1.29, 1.82) is 0 Å². The highest BCUT2D eigenvalue weighted by molar-refractivity contribution is 7.93. The fourth-order valence-corrected chi connectivity index (χ4v) is 6.05. The molecule has 0 aliphatic heterocycles. The number of fused-ring (bicyclic) bond motifs is 1. The Morgan fingerprint density at radius 3 is 2.58 bits per heavy atom. The number of hydrogen-bond donors (Lipinski definition) is 2. The number of nitrogens with one attached hydrogen (secondary N) is 2. The van der Waals surface area contributed by atoms with Gasteiger partial charge >= 0.3 is 0 Å². The van der Waals surface area contributed by atoms with Crippen LogP contribution in [-0.2, 0) is 37.9 Å². The van der Waals surface area contributed by atoms with Gasteiger partial charge in [0.25, 0.3) is 0 Å². The van der Waals surface area contributed by atoms with Crippen LogP contribution >= 0.6 is 11.6 Å². The maximum atomic E-state index is 13.5. The van der Waals surface area contributed by atoms with Gasteiger partial charge in [-0.2, -0.15) is 5.10 Å². The number of halogens is 1. The Hall–Kier alpha value is -2.61. The monoisotopic (exact) mass is 536 g/mol. The molecule has 2 aliphatic carbocycles. The molecule has 2 aliphatic rings. The molecule has 36 heavy (non-hydrogen) atoms. The predicted molar refractivity (Wildman–Crippen MR) is 132 cm³/mol. The number of H-pyrrole nitrogens is 1. The highest BCUT2D eigenvalue weighted by atomic mass is 35.5. The number of hydrogen-bond acceptors (Lipinski definition) is 9. The molecule has 194 valence electrons. The summed E-state index contributed by atoms with van der Waals surface area (Å²) in [6.45, 7) is 1.93. The first-order valence-electron chi connectivity index (χ1n) is 11.8. The van der Waals surface area contributed by atoms with Crippen LogP contribution in [0.2, 0.25) is 5.02 Å². The van der Waals surface area contributed by atoms with Gasteiger partial charge in [-0.15, -0.1) is 10.2 Å². The summed E-state index contributed by atoms with van der Waals surface area (Å²) in [5, 5.41) is 15.7. The largest absolute Gasteiger partial charge is 0.382 e. The standard InChI is InChI=1S/C22H29ClN8O4S/c1-13(18(35-3)19-24-10-14(23)11-25-19)36(32,33)30-21-29-28-20(31(21)22(8-9-22)12-34-2)17-15-6-4-5-7-16(15)26-27-17/h10-11,13,18H,4-9,12H2,1-3H3,(H,26,27)(H,29,30)/t13-,18-/m0/s1. The van der Waals surface area contributed by atoms with E-state index in [0.29, 0.717) is 23.1 Å². The minimum absolute atomic E-state index is 0.117. The maximum absolute atomic E-state index is 13.5. The van der Waals surface area contributed by atoms with E-state index in [1.807, 2.05) is 4.57 Å². The van der Waals surface area contributed by atoms with Gasteiger partial charge in [-0.3, -0.25) is 14.4 Å². The van der Waals surface area contributed by atoms with E-state index >= 15 is 0 Å². The highest BCUT2D eigenvalue weighted by Gasteiger charge is 2.49. The number of rotatable bonds is 10. The second-order valence-corrected chi connectivity index (χ2v) is 11.8. The summed E-state index contributed by atoms with van der Waals surface area (Å²) in [6, 6.07) is 0. The van der Waals surface area contributed by atoms with Gasteiger partial charge < -0.3 is 9.47 Å². The first-order valence-corrected chi connectivity index (χ1v) is 13.8. The fraction of sp³-hybridized carbons (Fsp3) is 0.591. The minimum atomic E-state index is -4.01. The Bertz CT molecular complexity index is 1340. The number of sulfonamides is 1. The zero-order chi connectivity index (χ0) is 25.5. The summed E-state index contributed by atoms with van der Waals surface area (Å²) in [7, 11) is -0.969.